The monoisotopic (exact) mass is 343 g/mol. The Balaban J connectivity index is 1.62. The highest BCUT2D eigenvalue weighted by atomic mass is 32.2. The molecule has 124 valence electrons. The zero-order chi connectivity index (χ0) is 17.2. The molecule has 1 amide bonds. The van der Waals surface area contributed by atoms with Gasteiger partial charge < -0.3 is 10.1 Å². The summed E-state index contributed by atoms with van der Waals surface area (Å²) < 4.78 is 18.3. The van der Waals surface area contributed by atoms with Crippen molar-refractivity contribution in [2.24, 2.45) is 0 Å². The Bertz CT molecular complexity index is 735. The van der Waals surface area contributed by atoms with Crippen molar-refractivity contribution in [1.82, 2.24) is 5.32 Å². The Morgan fingerprint density at radius 3 is 2.67 bits per heavy atom. The second-order valence-electron chi connectivity index (χ2n) is 4.93. The number of carbonyl (C=O) groups is 1. The summed E-state index contributed by atoms with van der Waals surface area (Å²) in [5.74, 6) is 6.39. The topological polar surface area (TPSA) is 38.3 Å². The van der Waals surface area contributed by atoms with E-state index in [1.807, 2.05) is 31.2 Å². The van der Waals surface area contributed by atoms with Crippen molar-refractivity contribution in [3.63, 3.8) is 0 Å². The first-order valence-electron chi connectivity index (χ1n) is 7.44. The summed E-state index contributed by atoms with van der Waals surface area (Å²) in [6.45, 7) is 2.53. The van der Waals surface area contributed by atoms with Crippen LogP contribution in [0.3, 0.4) is 0 Å². The summed E-state index contributed by atoms with van der Waals surface area (Å²) in [4.78, 5) is 12.5. The first kappa shape index (κ1) is 17.9. The fraction of sp³-hybridized carbons (Fsp3) is 0.211. The molecule has 5 heteroatoms. The SMILES string of the molecule is Cc1ccccc1OCC#CCNC(=O)CSc1ccc(F)cc1. The zero-order valence-electron chi connectivity index (χ0n) is 13.3. The van der Waals surface area contributed by atoms with Crippen LogP contribution in [0.15, 0.2) is 53.4 Å². The third-order valence-electron chi connectivity index (χ3n) is 3.08. The maximum atomic E-state index is 12.8. The second kappa shape index (κ2) is 9.64. The number of hydrogen-bond acceptors (Lipinski definition) is 3. The third-order valence-corrected chi connectivity index (χ3v) is 4.09. The molecule has 3 nitrogen and oxygen atoms in total. The molecule has 0 heterocycles. The van der Waals surface area contributed by atoms with Gasteiger partial charge in [0.2, 0.25) is 5.91 Å². The summed E-state index contributed by atoms with van der Waals surface area (Å²) in [5, 5.41) is 2.71. The number of halogens is 1. The molecule has 0 bridgehead atoms. The normalized spacial score (nSPS) is 9.75. The highest BCUT2D eigenvalue weighted by Crippen LogP contribution is 2.17. The maximum absolute atomic E-state index is 12.8. The lowest BCUT2D eigenvalue weighted by molar-refractivity contribution is -0.118. The van der Waals surface area contributed by atoms with Gasteiger partial charge in [0.1, 0.15) is 18.2 Å². The van der Waals surface area contributed by atoms with Crippen LogP contribution >= 0.6 is 11.8 Å². The van der Waals surface area contributed by atoms with Gasteiger partial charge in [-0.05, 0) is 42.8 Å². The number of nitrogens with one attached hydrogen (secondary N) is 1. The van der Waals surface area contributed by atoms with Crippen LogP contribution in [0.2, 0.25) is 0 Å². The highest BCUT2D eigenvalue weighted by Gasteiger charge is 2.01. The van der Waals surface area contributed by atoms with Gasteiger partial charge in [-0.15, -0.1) is 11.8 Å². The number of hydrogen-bond donors (Lipinski definition) is 1. The van der Waals surface area contributed by atoms with Crippen LogP contribution in [0.4, 0.5) is 4.39 Å². The predicted octanol–water partition coefficient (Wildman–Crippen LogP) is 3.42. The zero-order valence-corrected chi connectivity index (χ0v) is 14.2. The lowest BCUT2D eigenvalue weighted by Crippen LogP contribution is -2.25. The van der Waals surface area contributed by atoms with E-state index in [2.05, 4.69) is 17.2 Å². The number of rotatable bonds is 6. The van der Waals surface area contributed by atoms with Crippen molar-refractivity contribution < 1.29 is 13.9 Å². The van der Waals surface area contributed by atoms with E-state index in [0.29, 0.717) is 0 Å². The van der Waals surface area contributed by atoms with Crippen molar-refractivity contribution in [3.8, 4) is 17.6 Å². The Labute approximate surface area is 145 Å². The molecule has 2 rings (SSSR count). The molecule has 1 N–H and O–H groups in total. The molecule has 0 spiro atoms. The average molecular weight is 343 g/mol. The molecule has 0 aromatic heterocycles. The van der Waals surface area contributed by atoms with E-state index >= 15 is 0 Å². The minimum Gasteiger partial charge on any atom is -0.481 e. The summed E-state index contributed by atoms with van der Waals surface area (Å²) >= 11 is 1.35. The van der Waals surface area contributed by atoms with Crippen LogP contribution < -0.4 is 10.1 Å². The molecule has 0 fully saturated rings. The van der Waals surface area contributed by atoms with E-state index in [-0.39, 0.29) is 30.6 Å². The summed E-state index contributed by atoms with van der Waals surface area (Å²) in [5.41, 5.74) is 1.06. The number of amides is 1. The molecular weight excluding hydrogens is 325 g/mol. The van der Waals surface area contributed by atoms with Gasteiger partial charge in [0.05, 0.1) is 12.3 Å². The van der Waals surface area contributed by atoms with Crippen LogP contribution in [-0.4, -0.2) is 24.8 Å². The summed E-state index contributed by atoms with van der Waals surface area (Å²) in [6, 6.07) is 13.8. The quantitative estimate of drug-likeness (QED) is 0.645. The van der Waals surface area contributed by atoms with Crippen LogP contribution in [0.25, 0.3) is 0 Å². The van der Waals surface area contributed by atoms with Crippen LogP contribution in [0.5, 0.6) is 5.75 Å². The van der Waals surface area contributed by atoms with E-state index in [9.17, 15) is 9.18 Å². The average Bonchev–Trinajstić information content (AvgIpc) is 2.59. The predicted molar refractivity (Wildman–Crippen MR) is 94.6 cm³/mol. The minimum atomic E-state index is -0.285. The largest absolute Gasteiger partial charge is 0.481 e. The lowest BCUT2D eigenvalue weighted by Gasteiger charge is -2.04. The Morgan fingerprint density at radius 2 is 1.92 bits per heavy atom. The van der Waals surface area contributed by atoms with Gasteiger partial charge in [-0.3, -0.25) is 4.79 Å². The molecular formula is C19H18FNO2S. The van der Waals surface area contributed by atoms with E-state index in [0.717, 1.165) is 16.2 Å². The van der Waals surface area contributed by atoms with Gasteiger partial charge in [0.25, 0.3) is 0 Å². The second-order valence-corrected chi connectivity index (χ2v) is 5.98. The smallest absolute Gasteiger partial charge is 0.231 e. The number of ether oxygens (including phenoxy) is 1. The number of thioether (sulfide) groups is 1. The van der Waals surface area contributed by atoms with Crippen molar-refractivity contribution in [2.75, 3.05) is 18.9 Å². The Morgan fingerprint density at radius 1 is 1.17 bits per heavy atom. The van der Waals surface area contributed by atoms with Crippen molar-refractivity contribution in [1.29, 1.82) is 0 Å². The van der Waals surface area contributed by atoms with E-state index < -0.39 is 0 Å². The molecule has 0 radical (unpaired) electrons. The van der Waals surface area contributed by atoms with Gasteiger partial charge in [-0.25, -0.2) is 4.39 Å². The van der Waals surface area contributed by atoms with Crippen molar-refractivity contribution in [3.05, 3.63) is 59.9 Å². The fourth-order valence-electron chi connectivity index (χ4n) is 1.82. The number of aryl methyl sites for hydroxylation is 1. The standard InChI is InChI=1S/C19H18FNO2S/c1-15-6-2-3-7-18(15)23-13-5-4-12-21-19(22)14-24-17-10-8-16(20)9-11-17/h2-3,6-11H,12-14H2,1H3,(H,21,22). The minimum absolute atomic E-state index is 0.113. The first-order valence-corrected chi connectivity index (χ1v) is 8.43. The van der Waals surface area contributed by atoms with Gasteiger partial charge >= 0.3 is 0 Å². The number of para-hydroxylation sites is 1. The molecule has 0 atom stereocenters. The van der Waals surface area contributed by atoms with Crippen LogP contribution in [0, 0.1) is 24.6 Å². The molecule has 0 saturated carbocycles. The van der Waals surface area contributed by atoms with E-state index in [1.165, 1.54) is 23.9 Å². The molecule has 0 unspecified atom stereocenters. The van der Waals surface area contributed by atoms with E-state index in [4.69, 9.17) is 4.74 Å². The molecule has 0 aliphatic carbocycles. The summed E-state index contributed by atoms with van der Waals surface area (Å²) in [7, 11) is 0. The Hall–Kier alpha value is -2.45. The Kier molecular flexibility index (Phi) is 7.19. The lowest BCUT2D eigenvalue weighted by atomic mass is 10.2. The van der Waals surface area contributed by atoms with Gasteiger partial charge in [-0.1, -0.05) is 30.0 Å². The van der Waals surface area contributed by atoms with Gasteiger partial charge in [-0.2, -0.15) is 0 Å². The molecule has 24 heavy (non-hydrogen) atoms. The molecule has 0 aliphatic rings. The van der Waals surface area contributed by atoms with Crippen molar-refractivity contribution in [2.45, 2.75) is 11.8 Å². The van der Waals surface area contributed by atoms with E-state index in [1.54, 1.807) is 12.1 Å². The first-order chi connectivity index (χ1) is 11.6. The molecule has 0 aliphatic heterocycles. The molecule has 2 aromatic carbocycles. The highest BCUT2D eigenvalue weighted by molar-refractivity contribution is 8.00. The van der Waals surface area contributed by atoms with Gasteiger partial charge in [0.15, 0.2) is 0 Å². The number of carbonyl (C=O) groups excluding carboxylic acids is 1. The van der Waals surface area contributed by atoms with Gasteiger partial charge in [0, 0.05) is 4.90 Å². The maximum Gasteiger partial charge on any atom is 0.231 e. The number of benzene rings is 2. The summed E-state index contributed by atoms with van der Waals surface area (Å²) in [6.07, 6.45) is 0. The molecule has 0 saturated heterocycles. The fourth-order valence-corrected chi connectivity index (χ4v) is 2.55. The van der Waals surface area contributed by atoms with Crippen molar-refractivity contribution >= 4 is 17.7 Å². The molecule has 2 aromatic rings. The van der Waals surface area contributed by atoms with Crippen LogP contribution in [0.1, 0.15) is 5.56 Å². The van der Waals surface area contributed by atoms with Crippen LogP contribution in [-0.2, 0) is 4.79 Å². The third kappa shape index (κ3) is 6.35.